The SMILES string of the molecule is CCOCC12C=C(CCC(F)(CC)C1)CC1(CC1)C2. The normalized spacial score (nSPS) is 39.8. The van der Waals surface area contributed by atoms with E-state index < -0.39 is 5.67 Å². The van der Waals surface area contributed by atoms with E-state index in [-0.39, 0.29) is 5.41 Å². The third-order valence-corrected chi connectivity index (χ3v) is 5.59. The maximum atomic E-state index is 15.1. The molecule has 3 aliphatic rings. The second-order valence-corrected chi connectivity index (χ2v) is 7.34. The van der Waals surface area contributed by atoms with E-state index in [0.29, 0.717) is 18.3 Å². The van der Waals surface area contributed by atoms with E-state index in [0.717, 1.165) is 32.5 Å². The Bertz CT molecular complexity index is 385. The first-order valence-corrected chi connectivity index (χ1v) is 8.00. The van der Waals surface area contributed by atoms with E-state index >= 15 is 4.39 Å². The van der Waals surface area contributed by atoms with Crippen molar-refractivity contribution in [1.29, 1.82) is 0 Å². The van der Waals surface area contributed by atoms with Crippen LogP contribution in [0.5, 0.6) is 0 Å². The fourth-order valence-corrected chi connectivity index (χ4v) is 4.49. The molecule has 0 aromatic heterocycles. The molecule has 0 N–H and O–H groups in total. The van der Waals surface area contributed by atoms with E-state index in [1.165, 1.54) is 24.8 Å². The van der Waals surface area contributed by atoms with E-state index in [4.69, 9.17) is 4.74 Å². The van der Waals surface area contributed by atoms with Gasteiger partial charge in [-0.3, -0.25) is 0 Å². The number of fused-ring (bicyclic) bond motifs is 1. The Morgan fingerprint density at radius 2 is 2.00 bits per heavy atom. The topological polar surface area (TPSA) is 9.23 Å². The highest BCUT2D eigenvalue weighted by molar-refractivity contribution is 5.25. The quantitative estimate of drug-likeness (QED) is 0.663. The number of allylic oxidation sites excluding steroid dienone is 1. The summed E-state index contributed by atoms with van der Waals surface area (Å²) < 4.78 is 20.8. The molecule has 0 radical (unpaired) electrons. The summed E-state index contributed by atoms with van der Waals surface area (Å²) in [4.78, 5) is 0. The molecule has 2 unspecified atom stereocenters. The van der Waals surface area contributed by atoms with Gasteiger partial charge in [0.2, 0.25) is 0 Å². The van der Waals surface area contributed by atoms with Gasteiger partial charge in [0.25, 0.3) is 0 Å². The van der Waals surface area contributed by atoms with Crippen LogP contribution in [0.4, 0.5) is 4.39 Å². The molecule has 3 aliphatic carbocycles. The molecule has 0 aromatic carbocycles. The Kier molecular flexibility index (Phi) is 3.28. The highest BCUT2D eigenvalue weighted by Gasteiger charge is 2.54. The summed E-state index contributed by atoms with van der Waals surface area (Å²) >= 11 is 0. The first-order valence-electron chi connectivity index (χ1n) is 8.00. The summed E-state index contributed by atoms with van der Waals surface area (Å²) in [6, 6.07) is 0. The van der Waals surface area contributed by atoms with Crippen molar-refractivity contribution in [1.82, 2.24) is 0 Å². The number of hydrogen-bond acceptors (Lipinski definition) is 1. The van der Waals surface area contributed by atoms with Crippen molar-refractivity contribution in [2.75, 3.05) is 13.2 Å². The molecule has 108 valence electrons. The van der Waals surface area contributed by atoms with Crippen LogP contribution in [0, 0.1) is 10.8 Å². The van der Waals surface area contributed by atoms with Gasteiger partial charge in [0.05, 0.1) is 6.61 Å². The van der Waals surface area contributed by atoms with Gasteiger partial charge in [-0.2, -0.15) is 0 Å². The molecule has 0 saturated heterocycles. The van der Waals surface area contributed by atoms with Crippen LogP contribution in [0.25, 0.3) is 0 Å². The molecule has 0 aromatic rings. The number of alkyl halides is 1. The Labute approximate surface area is 116 Å². The lowest BCUT2D eigenvalue weighted by Crippen LogP contribution is -2.37. The first kappa shape index (κ1) is 13.6. The predicted molar refractivity (Wildman–Crippen MR) is 75.9 cm³/mol. The average Bonchev–Trinajstić information content (AvgIpc) is 3.13. The molecule has 0 heterocycles. The number of halogens is 1. The van der Waals surface area contributed by atoms with Crippen LogP contribution in [0.2, 0.25) is 0 Å². The van der Waals surface area contributed by atoms with Crippen LogP contribution in [-0.2, 0) is 4.74 Å². The van der Waals surface area contributed by atoms with Crippen molar-refractivity contribution in [2.45, 2.75) is 70.9 Å². The third kappa shape index (κ3) is 2.61. The maximum absolute atomic E-state index is 15.1. The minimum absolute atomic E-state index is 0.0125. The molecular weight excluding hydrogens is 239 g/mol. The Morgan fingerprint density at radius 1 is 1.21 bits per heavy atom. The Balaban J connectivity index is 1.89. The van der Waals surface area contributed by atoms with Crippen LogP contribution in [0.3, 0.4) is 0 Å². The van der Waals surface area contributed by atoms with Gasteiger partial charge >= 0.3 is 0 Å². The summed E-state index contributed by atoms with van der Waals surface area (Å²) in [5.41, 5.74) is 1.06. The zero-order valence-corrected chi connectivity index (χ0v) is 12.4. The van der Waals surface area contributed by atoms with Crippen molar-refractivity contribution >= 4 is 0 Å². The van der Waals surface area contributed by atoms with E-state index in [1.54, 1.807) is 0 Å². The summed E-state index contributed by atoms with van der Waals surface area (Å²) in [5.74, 6) is 0. The van der Waals surface area contributed by atoms with Crippen molar-refractivity contribution < 1.29 is 9.13 Å². The second-order valence-electron chi connectivity index (χ2n) is 7.34. The molecule has 1 saturated carbocycles. The molecule has 0 aliphatic heterocycles. The standard InChI is InChI=1S/C17H27FO/c1-3-17(18)6-5-14-9-15(7-8-15)11-16(10-14,12-17)13-19-4-2/h10H,3-9,11-13H2,1-2H3. The number of rotatable bonds is 4. The van der Waals surface area contributed by atoms with Crippen LogP contribution >= 0.6 is 0 Å². The van der Waals surface area contributed by atoms with Crippen molar-refractivity contribution in [3.05, 3.63) is 11.6 Å². The van der Waals surface area contributed by atoms with Gasteiger partial charge in [-0.05, 0) is 63.7 Å². The molecule has 3 rings (SSSR count). The van der Waals surface area contributed by atoms with Crippen LogP contribution in [-0.4, -0.2) is 18.9 Å². The van der Waals surface area contributed by atoms with Gasteiger partial charge in [-0.15, -0.1) is 0 Å². The van der Waals surface area contributed by atoms with E-state index in [2.05, 4.69) is 6.08 Å². The second kappa shape index (κ2) is 4.58. The molecule has 1 fully saturated rings. The predicted octanol–water partition coefficient (Wildman–Crippen LogP) is 4.81. The highest BCUT2D eigenvalue weighted by atomic mass is 19.1. The summed E-state index contributed by atoms with van der Waals surface area (Å²) in [6.07, 6.45) is 10.5. The summed E-state index contributed by atoms with van der Waals surface area (Å²) in [5, 5.41) is 0. The maximum Gasteiger partial charge on any atom is 0.112 e. The minimum atomic E-state index is -0.976. The molecule has 2 atom stereocenters. The Morgan fingerprint density at radius 3 is 2.63 bits per heavy atom. The molecule has 0 amide bonds. The van der Waals surface area contributed by atoms with Gasteiger partial charge < -0.3 is 4.74 Å². The van der Waals surface area contributed by atoms with Crippen LogP contribution < -0.4 is 0 Å². The van der Waals surface area contributed by atoms with Gasteiger partial charge in [-0.25, -0.2) is 4.39 Å². The highest BCUT2D eigenvalue weighted by Crippen LogP contribution is 2.64. The average molecular weight is 266 g/mol. The zero-order chi connectivity index (χ0) is 13.6. The molecule has 1 nitrogen and oxygen atoms in total. The third-order valence-electron chi connectivity index (χ3n) is 5.59. The fourth-order valence-electron chi connectivity index (χ4n) is 4.49. The largest absolute Gasteiger partial charge is 0.381 e. The lowest BCUT2D eigenvalue weighted by molar-refractivity contribution is 0.00778. The minimum Gasteiger partial charge on any atom is -0.381 e. The van der Waals surface area contributed by atoms with Gasteiger partial charge in [0.1, 0.15) is 5.67 Å². The van der Waals surface area contributed by atoms with Crippen molar-refractivity contribution in [2.24, 2.45) is 10.8 Å². The summed E-state index contributed by atoms with van der Waals surface area (Å²) in [7, 11) is 0. The smallest absolute Gasteiger partial charge is 0.112 e. The first-order chi connectivity index (χ1) is 9.03. The fraction of sp³-hybridized carbons (Fsp3) is 0.882. The van der Waals surface area contributed by atoms with Crippen molar-refractivity contribution in [3.8, 4) is 0 Å². The summed E-state index contributed by atoms with van der Waals surface area (Å²) in [6.45, 7) is 5.50. The van der Waals surface area contributed by atoms with Gasteiger partial charge in [0.15, 0.2) is 0 Å². The monoisotopic (exact) mass is 266 g/mol. The zero-order valence-electron chi connectivity index (χ0n) is 12.4. The van der Waals surface area contributed by atoms with Gasteiger partial charge in [0, 0.05) is 12.0 Å². The Hall–Kier alpha value is -0.370. The molecular formula is C17H27FO. The molecule has 2 bridgehead atoms. The molecule has 2 heteroatoms. The van der Waals surface area contributed by atoms with Gasteiger partial charge in [-0.1, -0.05) is 18.6 Å². The molecule has 1 spiro atoms. The lowest BCUT2D eigenvalue weighted by Gasteiger charge is -2.40. The number of ether oxygens (including phenoxy) is 1. The lowest BCUT2D eigenvalue weighted by atomic mass is 9.67. The van der Waals surface area contributed by atoms with E-state index in [9.17, 15) is 0 Å². The van der Waals surface area contributed by atoms with Crippen LogP contribution in [0.15, 0.2) is 11.6 Å². The molecule has 19 heavy (non-hydrogen) atoms. The van der Waals surface area contributed by atoms with Crippen molar-refractivity contribution in [3.63, 3.8) is 0 Å². The van der Waals surface area contributed by atoms with E-state index in [1.807, 2.05) is 13.8 Å². The number of hydrogen-bond donors (Lipinski definition) is 0. The van der Waals surface area contributed by atoms with Crippen LogP contribution in [0.1, 0.15) is 65.2 Å².